The molecule has 0 bridgehead atoms. The van der Waals surface area contributed by atoms with E-state index < -0.39 is 16.6 Å². The van der Waals surface area contributed by atoms with Crippen LogP contribution in [0.5, 0.6) is 11.6 Å². The van der Waals surface area contributed by atoms with Crippen molar-refractivity contribution < 1.29 is 18.4 Å². The topological polar surface area (TPSA) is 57.7 Å². The molecular formula is C29H45NO4Si2. The smallest absolute Gasteiger partial charge is 0.252 e. The zero-order valence-corrected chi connectivity index (χ0v) is 26.1. The Morgan fingerprint density at radius 3 is 2.00 bits per heavy atom. The maximum absolute atomic E-state index is 12.2. The second-order valence-corrected chi connectivity index (χ2v) is 22.7. The number of hydrogen-bond acceptors (Lipinski definition) is 5. The summed E-state index contributed by atoms with van der Waals surface area (Å²) in [6.07, 6.45) is 2.03. The van der Waals surface area contributed by atoms with Crippen molar-refractivity contribution >= 4 is 22.4 Å². The van der Waals surface area contributed by atoms with E-state index in [4.69, 9.17) is 18.6 Å². The molecule has 1 saturated heterocycles. The molecule has 36 heavy (non-hydrogen) atoms. The second-order valence-electron chi connectivity index (χ2n) is 13.3. The van der Waals surface area contributed by atoms with Gasteiger partial charge in [-0.25, -0.2) is 4.98 Å². The third kappa shape index (κ3) is 5.95. The van der Waals surface area contributed by atoms with Crippen molar-refractivity contribution in [1.29, 1.82) is 0 Å². The lowest BCUT2D eigenvalue weighted by molar-refractivity contribution is -0.136. The standard InChI is InChI=1S/C29H45NO4Si2/c1-20-17-22(31)19-32-25(20)24-26(33-35(8,9)28(2,3)4)23(21-15-13-12-14-16-21)18-30-27(24)34-36(10,11)29(5,6)7/h12-16,18,20,25H,17,19H2,1-11H3/t20-,25-/m1/s1. The van der Waals surface area contributed by atoms with Crippen LogP contribution >= 0.6 is 0 Å². The van der Waals surface area contributed by atoms with Gasteiger partial charge in [0.05, 0.1) is 11.7 Å². The van der Waals surface area contributed by atoms with Crippen molar-refractivity contribution in [3.8, 4) is 22.8 Å². The molecular weight excluding hydrogens is 482 g/mol. The molecule has 0 saturated carbocycles. The van der Waals surface area contributed by atoms with E-state index in [2.05, 4.69) is 86.8 Å². The summed E-state index contributed by atoms with van der Waals surface area (Å²) in [6, 6.07) is 10.2. The first kappa shape index (κ1) is 28.6. The Hall–Kier alpha value is -1.97. The van der Waals surface area contributed by atoms with Gasteiger partial charge in [0.2, 0.25) is 5.88 Å². The van der Waals surface area contributed by atoms with Crippen LogP contribution in [-0.4, -0.2) is 34.0 Å². The quantitative estimate of drug-likeness (QED) is 0.354. The average molecular weight is 528 g/mol. The van der Waals surface area contributed by atoms with Gasteiger partial charge in [0.15, 0.2) is 5.78 Å². The predicted octanol–water partition coefficient (Wildman–Crippen LogP) is 8.18. The lowest BCUT2D eigenvalue weighted by Gasteiger charge is -2.41. The number of hydrogen-bond donors (Lipinski definition) is 0. The van der Waals surface area contributed by atoms with Crippen LogP contribution in [0.1, 0.15) is 66.6 Å². The molecule has 1 aromatic heterocycles. The molecule has 198 valence electrons. The number of rotatable bonds is 6. The number of carbonyl (C=O) groups excluding carboxylic acids is 1. The first-order chi connectivity index (χ1) is 16.4. The zero-order chi connectivity index (χ0) is 27.1. The largest absolute Gasteiger partial charge is 0.543 e. The minimum Gasteiger partial charge on any atom is -0.543 e. The van der Waals surface area contributed by atoms with Crippen LogP contribution in [0.4, 0.5) is 0 Å². The normalized spacial score (nSPS) is 19.8. The fourth-order valence-electron chi connectivity index (χ4n) is 3.80. The highest BCUT2D eigenvalue weighted by molar-refractivity contribution is 6.75. The van der Waals surface area contributed by atoms with E-state index in [9.17, 15) is 4.79 Å². The Balaban J connectivity index is 2.32. The van der Waals surface area contributed by atoms with Crippen molar-refractivity contribution in [1.82, 2.24) is 4.98 Å². The van der Waals surface area contributed by atoms with Gasteiger partial charge in [0, 0.05) is 18.2 Å². The molecule has 0 unspecified atom stereocenters. The van der Waals surface area contributed by atoms with Gasteiger partial charge in [-0.15, -0.1) is 0 Å². The Labute approximate surface area is 220 Å². The fourth-order valence-corrected chi connectivity index (χ4v) is 5.79. The van der Waals surface area contributed by atoms with Crippen LogP contribution in [-0.2, 0) is 9.53 Å². The number of nitrogens with zero attached hydrogens (tertiary/aromatic N) is 1. The van der Waals surface area contributed by atoms with Gasteiger partial charge in [0.25, 0.3) is 16.6 Å². The molecule has 0 amide bonds. The van der Waals surface area contributed by atoms with Crippen LogP contribution in [0.2, 0.25) is 36.3 Å². The minimum atomic E-state index is -2.25. The Morgan fingerprint density at radius 1 is 0.917 bits per heavy atom. The SMILES string of the molecule is C[C@@H]1CC(=O)CO[C@H]1c1c(O[Si](C)(C)C(C)(C)C)ncc(-c2ccccc2)c1O[Si](C)(C)C(C)(C)C. The summed E-state index contributed by atoms with van der Waals surface area (Å²) in [5, 5.41) is -0.00351. The van der Waals surface area contributed by atoms with E-state index in [0.717, 1.165) is 22.4 Å². The van der Waals surface area contributed by atoms with Crippen molar-refractivity contribution in [2.75, 3.05) is 6.61 Å². The highest BCUT2D eigenvalue weighted by atomic mass is 28.4. The van der Waals surface area contributed by atoms with Gasteiger partial charge in [-0.2, -0.15) is 0 Å². The van der Waals surface area contributed by atoms with Crippen molar-refractivity contribution in [3.05, 3.63) is 42.1 Å². The molecule has 2 aromatic rings. The van der Waals surface area contributed by atoms with Crippen molar-refractivity contribution in [2.45, 2.75) is 97.3 Å². The van der Waals surface area contributed by atoms with Gasteiger partial charge in [-0.05, 0) is 47.7 Å². The third-order valence-electron chi connectivity index (χ3n) is 8.21. The summed E-state index contributed by atoms with van der Waals surface area (Å²) in [4.78, 5) is 17.2. The molecule has 2 heterocycles. The predicted molar refractivity (Wildman–Crippen MR) is 153 cm³/mol. The highest BCUT2D eigenvalue weighted by Gasteiger charge is 2.44. The number of aromatic nitrogens is 1. The van der Waals surface area contributed by atoms with Gasteiger partial charge in [-0.1, -0.05) is 78.8 Å². The van der Waals surface area contributed by atoms with E-state index in [1.807, 2.05) is 24.4 Å². The molecule has 3 rings (SSSR count). The first-order valence-electron chi connectivity index (χ1n) is 13.0. The Morgan fingerprint density at radius 2 is 1.47 bits per heavy atom. The van der Waals surface area contributed by atoms with Crippen LogP contribution in [0.25, 0.3) is 11.1 Å². The maximum atomic E-state index is 12.2. The van der Waals surface area contributed by atoms with Gasteiger partial charge >= 0.3 is 0 Å². The number of pyridine rings is 1. The molecule has 1 fully saturated rings. The van der Waals surface area contributed by atoms with E-state index in [-0.39, 0.29) is 34.5 Å². The van der Waals surface area contributed by atoms with E-state index in [1.54, 1.807) is 0 Å². The number of carbonyl (C=O) groups is 1. The van der Waals surface area contributed by atoms with Crippen molar-refractivity contribution in [2.24, 2.45) is 5.92 Å². The first-order valence-corrected chi connectivity index (χ1v) is 18.9. The van der Waals surface area contributed by atoms with Gasteiger partial charge in [-0.3, -0.25) is 4.79 Å². The molecule has 1 aliphatic heterocycles. The van der Waals surface area contributed by atoms with E-state index in [1.165, 1.54) is 0 Å². The highest BCUT2D eigenvalue weighted by Crippen LogP contribution is 2.50. The number of ether oxygens (including phenoxy) is 1. The molecule has 0 radical (unpaired) electrons. The fraction of sp³-hybridized carbons (Fsp3) is 0.586. The number of Topliss-reactive ketones (excluding diaryl/α,β-unsaturated/α-hetero) is 1. The van der Waals surface area contributed by atoms with Crippen LogP contribution in [0, 0.1) is 5.92 Å². The van der Waals surface area contributed by atoms with Crippen LogP contribution in [0.3, 0.4) is 0 Å². The summed E-state index contributed by atoms with van der Waals surface area (Å²) >= 11 is 0. The average Bonchev–Trinajstić information content (AvgIpc) is 2.73. The molecule has 2 atom stereocenters. The molecule has 0 N–H and O–H groups in total. The van der Waals surface area contributed by atoms with Gasteiger partial charge in [0.1, 0.15) is 12.4 Å². The molecule has 7 heteroatoms. The number of ketones is 1. The summed E-state index contributed by atoms with van der Waals surface area (Å²) in [5.74, 6) is 1.50. The molecule has 5 nitrogen and oxygen atoms in total. The summed E-state index contributed by atoms with van der Waals surface area (Å²) in [7, 11) is -4.47. The summed E-state index contributed by atoms with van der Waals surface area (Å²) in [5.41, 5.74) is 2.83. The van der Waals surface area contributed by atoms with Crippen LogP contribution in [0.15, 0.2) is 36.5 Å². The van der Waals surface area contributed by atoms with Crippen LogP contribution < -0.4 is 8.85 Å². The molecule has 0 aliphatic carbocycles. The molecule has 0 spiro atoms. The molecule has 1 aliphatic rings. The summed E-state index contributed by atoms with van der Waals surface area (Å²) < 4.78 is 20.2. The molecule has 1 aromatic carbocycles. The maximum Gasteiger partial charge on any atom is 0.252 e. The lowest BCUT2D eigenvalue weighted by atomic mass is 9.89. The van der Waals surface area contributed by atoms with E-state index >= 15 is 0 Å². The second kappa shape index (κ2) is 10.1. The van der Waals surface area contributed by atoms with Crippen molar-refractivity contribution in [3.63, 3.8) is 0 Å². The summed E-state index contributed by atoms with van der Waals surface area (Å²) in [6.45, 7) is 24.6. The Kier molecular flexibility index (Phi) is 8.00. The lowest BCUT2D eigenvalue weighted by Crippen LogP contribution is -2.45. The third-order valence-corrected chi connectivity index (χ3v) is 16.9. The van der Waals surface area contributed by atoms with Gasteiger partial charge < -0.3 is 13.6 Å². The Bertz CT molecular complexity index is 1080. The minimum absolute atomic E-state index is 0.000490. The number of benzene rings is 1. The monoisotopic (exact) mass is 527 g/mol. The zero-order valence-electron chi connectivity index (χ0n) is 24.1. The van der Waals surface area contributed by atoms with E-state index in [0.29, 0.717) is 12.3 Å².